The van der Waals surface area contributed by atoms with E-state index in [9.17, 15) is 4.39 Å². The van der Waals surface area contributed by atoms with Gasteiger partial charge in [0.05, 0.1) is 6.04 Å². The van der Waals surface area contributed by atoms with Crippen molar-refractivity contribution in [1.29, 1.82) is 0 Å². The smallest absolute Gasteiger partial charge is 0.125 e. The van der Waals surface area contributed by atoms with Gasteiger partial charge >= 0.3 is 0 Å². The largest absolute Gasteiger partial charge is 0.337 e. The lowest BCUT2D eigenvalue weighted by molar-refractivity contribution is 0.465. The summed E-state index contributed by atoms with van der Waals surface area (Å²) in [6, 6.07) is 6.86. The van der Waals surface area contributed by atoms with Gasteiger partial charge in [-0.1, -0.05) is 12.1 Å². The molecule has 0 fully saturated rings. The first-order valence-electron chi connectivity index (χ1n) is 6.06. The SMILES string of the molecule is CC(N[C@H](C)c1cccc(F)c1)c1nccn1C. The molecule has 0 amide bonds. The minimum atomic E-state index is -0.203. The highest BCUT2D eigenvalue weighted by molar-refractivity contribution is 5.19. The number of aromatic nitrogens is 2. The van der Waals surface area contributed by atoms with Crippen LogP contribution in [0.15, 0.2) is 36.7 Å². The van der Waals surface area contributed by atoms with E-state index in [1.165, 1.54) is 6.07 Å². The Hall–Kier alpha value is -1.68. The molecule has 0 bridgehead atoms. The van der Waals surface area contributed by atoms with Crippen LogP contribution in [-0.2, 0) is 7.05 Å². The molecule has 4 heteroatoms. The molecular formula is C14H18FN3. The summed E-state index contributed by atoms with van der Waals surface area (Å²) in [6.07, 6.45) is 3.70. The number of halogens is 1. The van der Waals surface area contributed by atoms with E-state index in [1.807, 2.05) is 30.8 Å². The molecule has 3 nitrogen and oxygen atoms in total. The average molecular weight is 247 g/mol. The van der Waals surface area contributed by atoms with Crippen LogP contribution >= 0.6 is 0 Å². The van der Waals surface area contributed by atoms with Gasteiger partial charge in [-0.15, -0.1) is 0 Å². The highest BCUT2D eigenvalue weighted by Crippen LogP contribution is 2.18. The first kappa shape index (κ1) is 12.8. The minimum Gasteiger partial charge on any atom is -0.337 e. The molecule has 0 saturated heterocycles. The summed E-state index contributed by atoms with van der Waals surface area (Å²) < 4.78 is 15.1. The molecule has 0 aliphatic rings. The average Bonchev–Trinajstić information content (AvgIpc) is 2.75. The number of imidazole rings is 1. The fourth-order valence-corrected chi connectivity index (χ4v) is 2.12. The maximum absolute atomic E-state index is 13.2. The van der Waals surface area contributed by atoms with Crippen molar-refractivity contribution in [3.63, 3.8) is 0 Å². The van der Waals surface area contributed by atoms with Crippen LogP contribution < -0.4 is 5.32 Å². The van der Waals surface area contributed by atoms with Crippen molar-refractivity contribution in [3.05, 3.63) is 53.9 Å². The third-order valence-corrected chi connectivity index (χ3v) is 3.09. The van der Waals surface area contributed by atoms with Crippen LogP contribution in [0.25, 0.3) is 0 Å². The Kier molecular flexibility index (Phi) is 3.77. The molecule has 2 rings (SSSR count). The van der Waals surface area contributed by atoms with E-state index in [0.29, 0.717) is 0 Å². The van der Waals surface area contributed by atoms with Crippen molar-refractivity contribution in [3.8, 4) is 0 Å². The monoisotopic (exact) mass is 247 g/mol. The lowest BCUT2D eigenvalue weighted by atomic mass is 10.1. The Morgan fingerprint density at radius 1 is 1.28 bits per heavy atom. The van der Waals surface area contributed by atoms with Crippen LogP contribution in [0.3, 0.4) is 0 Å². The zero-order chi connectivity index (χ0) is 13.1. The van der Waals surface area contributed by atoms with E-state index in [2.05, 4.69) is 17.2 Å². The van der Waals surface area contributed by atoms with Gasteiger partial charge in [-0.05, 0) is 31.5 Å². The summed E-state index contributed by atoms with van der Waals surface area (Å²) in [4.78, 5) is 4.31. The van der Waals surface area contributed by atoms with Gasteiger partial charge in [-0.2, -0.15) is 0 Å². The van der Waals surface area contributed by atoms with E-state index >= 15 is 0 Å². The van der Waals surface area contributed by atoms with Crippen LogP contribution in [0, 0.1) is 5.82 Å². The van der Waals surface area contributed by atoms with Gasteiger partial charge < -0.3 is 9.88 Å². The predicted octanol–water partition coefficient (Wildman–Crippen LogP) is 2.97. The molecule has 1 aromatic carbocycles. The number of hydrogen-bond acceptors (Lipinski definition) is 2. The Bertz CT molecular complexity index is 521. The van der Waals surface area contributed by atoms with Crippen molar-refractivity contribution in [2.75, 3.05) is 0 Å². The van der Waals surface area contributed by atoms with Crippen LogP contribution in [-0.4, -0.2) is 9.55 Å². The number of benzene rings is 1. The van der Waals surface area contributed by atoms with E-state index in [1.54, 1.807) is 18.3 Å². The fraction of sp³-hybridized carbons (Fsp3) is 0.357. The number of nitrogens with one attached hydrogen (secondary N) is 1. The zero-order valence-corrected chi connectivity index (χ0v) is 10.9. The van der Waals surface area contributed by atoms with Crippen molar-refractivity contribution >= 4 is 0 Å². The van der Waals surface area contributed by atoms with Crippen LogP contribution in [0.4, 0.5) is 4.39 Å². The van der Waals surface area contributed by atoms with Crippen LogP contribution in [0.5, 0.6) is 0 Å². The van der Waals surface area contributed by atoms with E-state index in [4.69, 9.17) is 0 Å². The second kappa shape index (κ2) is 5.31. The molecule has 2 aromatic rings. The van der Waals surface area contributed by atoms with Crippen molar-refractivity contribution in [1.82, 2.24) is 14.9 Å². The van der Waals surface area contributed by atoms with Crippen molar-refractivity contribution in [2.45, 2.75) is 25.9 Å². The van der Waals surface area contributed by atoms with Crippen LogP contribution in [0.2, 0.25) is 0 Å². The lowest BCUT2D eigenvalue weighted by Gasteiger charge is -2.20. The van der Waals surface area contributed by atoms with Gasteiger partial charge in [0.15, 0.2) is 0 Å². The van der Waals surface area contributed by atoms with E-state index < -0.39 is 0 Å². The summed E-state index contributed by atoms with van der Waals surface area (Å²) in [5.41, 5.74) is 0.941. The lowest BCUT2D eigenvalue weighted by Crippen LogP contribution is -2.24. The first-order chi connectivity index (χ1) is 8.58. The first-order valence-corrected chi connectivity index (χ1v) is 6.06. The van der Waals surface area contributed by atoms with Gasteiger partial charge in [-0.3, -0.25) is 0 Å². The molecule has 18 heavy (non-hydrogen) atoms. The predicted molar refractivity (Wildman–Crippen MR) is 69.6 cm³/mol. The molecule has 1 aromatic heterocycles. The van der Waals surface area contributed by atoms with Crippen molar-refractivity contribution in [2.24, 2.45) is 7.05 Å². The molecular weight excluding hydrogens is 229 g/mol. The topological polar surface area (TPSA) is 29.9 Å². The molecule has 0 spiro atoms. The minimum absolute atomic E-state index is 0.0763. The summed E-state index contributed by atoms with van der Waals surface area (Å²) in [5.74, 6) is 0.768. The number of hydrogen-bond donors (Lipinski definition) is 1. The summed E-state index contributed by atoms with van der Waals surface area (Å²) in [5, 5.41) is 3.42. The number of nitrogens with zero attached hydrogens (tertiary/aromatic N) is 2. The standard InChI is InChI=1S/C14H18FN3/c1-10(12-5-4-6-13(15)9-12)17-11(2)14-16-7-8-18(14)3/h4-11,17H,1-3H3/t10-,11?/m1/s1. The molecule has 2 atom stereocenters. The molecule has 1 heterocycles. The van der Waals surface area contributed by atoms with Crippen molar-refractivity contribution < 1.29 is 4.39 Å². The highest BCUT2D eigenvalue weighted by atomic mass is 19.1. The maximum Gasteiger partial charge on any atom is 0.125 e. The number of aryl methyl sites for hydroxylation is 1. The third-order valence-electron chi connectivity index (χ3n) is 3.09. The van der Waals surface area contributed by atoms with E-state index in [-0.39, 0.29) is 17.9 Å². The highest BCUT2D eigenvalue weighted by Gasteiger charge is 2.14. The Labute approximate surface area is 107 Å². The fourth-order valence-electron chi connectivity index (χ4n) is 2.12. The van der Waals surface area contributed by atoms with Gasteiger partial charge in [-0.25, -0.2) is 9.37 Å². The maximum atomic E-state index is 13.2. The molecule has 0 radical (unpaired) electrons. The molecule has 0 aliphatic heterocycles. The summed E-state index contributed by atoms with van der Waals surface area (Å²) in [7, 11) is 1.97. The normalized spacial score (nSPS) is 14.4. The van der Waals surface area contributed by atoms with Gasteiger partial charge in [0.2, 0.25) is 0 Å². The Balaban J connectivity index is 2.08. The number of rotatable bonds is 4. The molecule has 96 valence electrons. The van der Waals surface area contributed by atoms with Crippen LogP contribution in [0.1, 0.15) is 37.3 Å². The second-order valence-electron chi connectivity index (χ2n) is 4.56. The summed E-state index contributed by atoms with van der Waals surface area (Å²) in [6.45, 7) is 4.08. The summed E-state index contributed by atoms with van der Waals surface area (Å²) >= 11 is 0. The molecule has 1 N–H and O–H groups in total. The second-order valence-corrected chi connectivity index (χ2v) is 4.56. The van der Waals surface area contributed by atoms with E-state index in [0.717, 1.165) is 11.4 Å². The van der Waals surface area contributed by atoms with Gasteiger partial charge in [0.1, 0.15) is 11.6 Å². The Morgan fingerprint density at radius 2 is 2.06 bits per heavy atom. The quantitative estimate of drug-likeness (QED) is 0.900. The molecule has 1 unspecified atom stereocenters. The van der Waals surface area contributed by atoms with Gasteiger partial charge in [0.25, 0.3) is 0 Å². The Morgan fingerprint density at radius 3 is 2.67 bits per heavy atom. The molecule has 0 aliphatic carbocycles. The molecule has 0 saturated carbocycles. The zero-order valence-electron chi connectivity index (χ0n) is 10.9. The third kappa shape index (κ3) is 2.76. The van der Waals surface area contributed by atoms with Gasteiger partial charge in [0, 0.05) is 25.5 Å².